The molecular weight excluding hydrogens is 242 g/mol. The highest BCUT2D eigenvalue weighted by Crippen LogP contribution is 2.24. The summed E-state index contributed by atoms with van der Waals surface area (Å²) in [6.45, 7) is 7.39. The van der Waals surface area contributed by atoms with Gasteiger partial charge in [0, 0.05) is 29.9 Å². The average molecular weight is 263 g/mol. The molecule has 0 aromatic heterocycles. The van der Waals surface area contributed by atoms with Crippen LogP contribution in [-0.4, -0.2) is 36.1 Å². The molecular formula is C14H21N3O2. The van der Waals surface area contributed by atoms with Crippen molar-refractivity contribution in [2.45, 2.75) is 25.9 Å². The van der Waals surface area contributed by atoms with Crippen molar-refractivity contribution in [1.29, 1.82) is 0 Å². The molecule has 5 heteroatoms. The molecule has 19 heavy (non-hydrogen) atoms. The molecule has 0 spiro atoms. The van der Waals surface area contributed by atoms with Crippen molar-refractivity contribution in [2.75, 3.05) is 25.5 Å². The Labute approximate surface area is 113 Å². The predicted molar refractivity (Wildman–Crippen MR) is 74.7 cm³/mol. The molecule has 1 heterocycles. The van der Waals surface area contributed by atoms with E-state index in [9.17, 15) is 4.79 Å². The van der Waals surface area contributed by atoms with Gasteiger partial charge in [-0.2, -0.15) is 0 Å². The van der Waals surface area contributed by atoms with E-state index in [1.807, 2.05) is 6.07 Å². The number of amides is 1. The monoisotopic (exact) mass is 263 g/mol. The van der Waals surface area contributed by atoms with Crippen molar-refractivity contribution >= 4 is 11.6 Å². The van der Waals surface area contributed by atoms with Gasteiger partial charge in [0.1, 0.15) is 0 Å². The van der Waals surface area contributed by atoms with E-state index in [1.165, 1.54) is 0 Å². The van der Waals surface area contributed by atoms with E-state index in [1.54, 1.807) is 12.1 Å². The van der Waals surface area contributed by atoms with Gasteiger partial charge in [-0.15, -0.1) is 0 Å². The number of ether oxygens (including phenoxy) is 1. The first-order valence-electron chi connectivity index (χ1n) is 6.41. The van der Waals surface area contributed by atoms with Crippen LogP contribution >= 0.6 is 0 Å². The molecule has 0 saturated carbocycles. The van der Waals surface area contributed by atoms with Gasteiger partial charge < -0.3 is 16.2 Å². The molecule has 1 saturated heterocycles. The van der Waals surface area contributed by atoms with E-state index in [2.05, 4.69) is 18.7 Å². The van der Waals surface area contributed by atoms with Gasteiger partial charge >= 0.3 is 0 Å². The zero-order valence-electron chi connectivity index (χ0n) is 11.5. The molecule has 1 aliphatic rings. The summed E-state index contributed by atoms with van der Waals surface area (Å²) in [5.74, 6) is -0.454. The lowest BCUT2D eigenvalue weighted by Gasteiger charge is -2.42. The molecule has 5 nitrogen and oxygen atoms in total. The molecule has 1 aliphatic heterocycles. The molecule has 0 aliphatic carbocycles. The summed E-state index contributed by atoms with van der Waals surface area (Å²) in [4.78, 5) is 13.4. The molecule has 2 rings (SSSR count). The van der Waals surface area contributed by atoms with Crippen LogP contribution < -0.4 is 11.5 Å². The Balaban J connectivity index is 2.17. The first-order valence-corrected chi connectivity index (χ1v) is 6.41. The minimum Gasteiger partial charge on any atom is -0.398 e. The number of nitrogen functional groups attached to an aromatic ring is 1. The van der Waals surface area contributed by atoms with Crippen molar-refractivity contribution in [2.24, 2.45) is 5.73 Å². The Morgan fingerprint density at radius 3 is 2.79 bits per heavy atom. The second-order valence-electron chi connectivity index (χ2n) is 5.56. The maximum absolute atomic E-state index is 11.1. The van der Waals surface area contributed by atoms with E-state index >= 15 is 0 Å². The lowest BCUT2D eigenvalue weighted by atomic mass is 10.0. The largest absolute Gasteiger partial charge is 0.398 e. The smallest absolute Gasteiger partial charge is 0.248 e. The highest BCUT2D eigenvalue weighted by atomic mass is 16.5. The number of primary amides is 1. The number of anilines is 1. The third kappa shape index (κ3) is 3.05. The molecule has 4 N–H and O–H groups in total. The lowest BCUT2D eigenvalue weighted by molar-refractivity contribution is -0.0551. The molecule has 0 bridgehead atoms. The predicted octanol–water partition coefficient (Wildman–Crippen LogP) is 0.979. The first kappa shape index (κ1) is 13.8. The van der Waals surface area contributed by atoms with Crippen molar-refractivity contribution in [3.63, 3.8) is 0 Å². The lowest BCUT2D eigenvalue weighted by Crippen LogP contribution is -2.52. The quantitative estimate of drug-likeness (QED) is 0.796. The summed E-state index contributed by atoms with van der Waals surface area (Å²) in [6, 6.07) is 5.24. The van der Waals surface area contributed by atoms with Gasteiger partial charge in [-0.05, 0) is 31.5 Å². The summed E-state index contributed by atoms with van der Waals surface area (Å²) < 4.78 is 5.50. The molecule has 1 fully saturated rings. The number of nitrogens with zero attached hydrogens (tertiary/aromatic N) is 1. The Morgan fingerprint density at radius 2 is 2.21 bits per heavy atom. The SMILES string of the molecule is CC1(C)COCCN1Cc1ccc(C(N)=O)cc1N. The van der Waals surface area contributed by atoms with E-state index in [0.717, 1.165) is 25.3 Å². The summed E-state index contributed by atoms with van der Waals surface area (Å²) in [5.41, 5.74) is 13.3. The third-order valence-corrected chi connectivity index (χ3v) is 3.61. The average Bonchev–Trinajstić information content (AvgIpc) is 2.33. The highest BCUT2D eigenvalue weighted by molar-refractivity contribution is 5.93. The summed E-state index contributed by atoms with van der Waals surface area (Å²) in [5, 5.41) is 0. The third-order valence-electron chi connectivity index (χ3n) is 3.61. The van der Waals surface area contributed by atoms with Crippen LogP contribution in [0, 0.1) is 0 Å². The van der Waals surface area contributed by atoms with Crippen LogP contribution in [0.15, 0.2) is 18.2 Å². The van der Waals surface area contributed by atoms with Crippen molar-refractivity contribution in [3.8, 4) is 0 Å². The van der Waals surface area contributed by atoms with Crippen molar-refractivity contribution in [1.82, 2.24) is 4.90 Å². The maximum atomic E-state index is 11.1. The highest BCUT2D eigenvalue weighted by Gasteiger charge is 2.30. The van der Waals surface area contributed by atoms with E-state index in [0.29, 0.717) is 17.9 Å². The van der Waals surface area contributed by atoms with E-state index < -0.39 is 5.91 Å². The summed E-state index contributed by atoms with van der Waals surface area (Å²) >= 11 is 0. The molecule has 0 radical (unpaired) electrons. The number of rotatable bonds is 3. The van der Waals surface area contributed by atoms with Crippen LogP contribution in [0.2, 0.25) is 0 Å². The number of carbonyl (C=O) groups is 1. The van der Waals surface area contributed by atoms with E-state index in [-0.39, 0.29) is 5.54 Å². The van der Waals surface area contributed by atoms with Crippen molar-refractivity contribution in [3.05, 3.63) is 29.3 Å². The fourth-order valence-corrected chi connectivity index (χ4v) is 2.28. The molecule has 1 aromatic carbocycles. The molecule has 104 valence electrons. The molecule has 0 unspecified atom stereocenters. The van der Waals surface area contributed by atoms with Crippen LogP contribution in [0.25, 0.3) is 0 Å². The Kier molecular flexibility index (Phi) is 3.78. The summed E-state index contributed by atoms with van der Waals surface area (Å²) in [6.07, 6.45) is 0. The van der Waals surface area contributed by atoms with Crippen LogP contribution in [0.4, 0.5) is 5.69 Å². The molecule has 0 atom stereocenters. The zero-order valence-corrected chi connectivity index (χ0v) is 11.5. The normalized spacial score (nSPS) is 19.3. The Hall–Kier alpha value is -1.59. The topological polar surface area (TPSA) is 81.6 Å². The van der Waals surface area contributed by atoms with Gasteiger partial charge in [0.05, 0.1) is 13.2 Å². The fourth-order valence-electron chi connectivity index (χ4n) is 2.28. The Morgan fingerprint density at radius 1 is 1.47 bits per heavy atom. The minimum atomic E-state index is -0.454. The van der Waals surface area contributed by atoms with Crippen LogP contribution in [-0.2, 0) is 11.3 Å². The standard InChI is InChI=1S/C14H21N3O2/c1-14(2)9-19-6-5-17(14)8-11-4-3-10(13(16)18)7-12(11)15/h3-4,7H,5-6,8-9,15H2,1-2H3,(H2,16,18). The maximum Gasteiger partial charge on any atom is 0.248 e. The molecule has 1 aromatic rings. The summed E-state index contributed by atoms with van der Waals surface area (Å²) in [7, 11) is 0. The zero-order chi connectivity index (χ0) is 14.0. The van der Waals surface area contributed by atoms with Gasteiger partial charge in [0.25, 0.3) is 0 Å². The first-order chi connectivity index (χ1) is 8.90. The van der Waals surface area contributed by atoms with Gasteiger partial charge in [-0.1, -0.05) is 6.07 Å². The number of morpholine rings is 1. The van der Waals surface area contributed by atoms with Crippen LogP contribution in [0.5, 0.6) is 0 Å². The van der Waals surface area contributed by atoms with Gasteiger partial charge in [-0.25, -0.2) is 0 Å². The number of hydrogen-bond donors (Lipinski definition) is 2. The second-order valence-corrected chi connectivity index (χ2v) is 5.56. The number of hydrogen-bond acceptors (Lipinski definition) is 4. The van der Waals surface area contributed by atoms with Crippen LogP contribution in [0.1, 0.15) is 29.8 Å². The number of nitrogens with two attached hydrogens (primary N) is 2. The number of benzene rings is 1. The second kappa shape index (κ2) is 5.19. The van der Waals surface area contributed by atoms with Crippen LogP contribution in [0.3, 0.4) is 0 Å². The van der Waals surface area contributed by atoms with E-state index in [4.69, 9.17) is 16.2 Å². The van der Waals surface area contributed by atoms with Gasteiger partial charge in [0.15, 0.2) is 0 Å². The minimum absolute atomic E-state index is 0.00690. The number of carbonyl (C=O) groups excluding carboxylic acids is 1. The van der Waals surface area contributed by atoms with Crippen molar-refractivity contribution < 1.29 is 9.53 Å². The Bertz CT molecular complexity index is 486. The molecule has 1 amide bonds. The fraction of sp³-hybridized carbons (Fsp3) is 0.500. The van der Waals surface area contributed by atoms with Gasteiger partial charge in [0.2, 0.25) is 5.91 Å². The van der Waals surface area contributed by atoms with Gasteiger partial charge in [-0.3, -0.25) is 9.69 Å².